The zero-order valence-electron chi connectivity index (χ0n) is 11.0. The summed E-state index contributed by atoms with van der Waals surface area (Å²) >= 11 is 22.5. The maximum absolute atomic E-state index is 11.4. The highest BCUT2D eigenvalue weighted by atomic mass is 35.6. The van der Waals surface area contributed by atoms with E-state index >= 15 is 0 Å². The monoisotopic (exact) mass is 369 g/mol. The van der Waals surface area contributed by atoms with E-state index < -0.39 is 9.96 Å². The lowest BCUT2D eigenvalue weighted by molar-refractivity contribution is -0.121. The quantitative estimate of drug-likeness (QED) is 0.373. The lowest BCUT2D eigenvalue weighted by atomic mass is 10.3. The van der Waals surface area contributed by atoms with Gasteiger partial charge in [-0.05, 0) is 24.4 Å². The average Bonchev–Trinajstić information content (AvgIpc) is 2.36. The summed E-state index contributed by atoms with van der Waals surface area (Å²) < 4.78 is -1.78. The Morgan fingerprint density at radius 2 is 2.05 bits per heavy atom. The molecule has 1 atom stereocenters. The Hall–Kier alpha value is -0.950. The molecule has 0 heterocycles. The highest BCUT2D eigenvalue weighted by molar-refractivity contribution is 7.80. The van der Waals surface area contributed by atoms with Gasteiger partial charge in [0.1, 0.15) is 11.9 Å². The normalized spacial score (nSPS) is 12.4. The maximum Gasteiger partial charge on any atom is 0.228 e. The molecule has 0 fully saturated rings. The summed E-state index contributed by atoms with van der Waals surface area (Å²) in [6.45, 7) is 1.67. The number of alkyl halides is 3. The number of nitrogens with one attached hydrogen (secondary N) is 3. The molecule has 0 radical (unpaired) electrons. The smallest absolute Gasteiger partial charge is 0.228 e. The van der Waals surface area contributed by atoms with Crippen LogP contribution in [0, 0.1) is 0 Å². The maximum atomic E-state index is 11.4. The van der Waals surface area contributed by atoms with Gasteiger partial charge in [0, 0.05) is 18.2 Å². The highest BCUT2D eigenvalue weighted by Crippen LogP contribution is 2.29. The van der Waals surface area contributed by atoms with Crippen molar-refractivity contribution in [3.63, 3.8) is 0 Å². The third-order valence-electron chi connectivity index (χ3n) is 2.33. The minimum Gasteiger partial charge on any atom is -0.508 e. The summed E-state index contributed by atoms with van der Waals surface area (Å²) in [7, 11) is 0. The molecule has 21 heavy (non-hydrogen) atoms. The van der Waals surface area contributed by atoms with Gasteiger partial charge < -0.3 is 21.1 Å². The van der Waals surface area contributed by atoms with Crippen molar-refractivity contribution in [1.29, 1.82) is 0 Å². The second-order valence-electron chi connectivity index (χ2n) is 4.04. The van der Waals surface area contributed by atoms with Crippen LogP contribution in [0.25, 0.3) is 0 Å². The number of aromatic hydroxyl groups is 1. The van der Waals surface area contributed by atoms with Crippen molar-refractivity contribution < 1.29 is 9.90 Å². The number of carbonyl (C=O) groups is 1. The molecule has 116 valence electrons. The number of phenols is 1. The van der Waals surface area contributed by atoms with Crippen LogP contribution in [0.1, 0.15) is 13.3 Å². The van der Waals surface area contributed by atoms with E-state index in [1.165, 1.54) is 12.1 Å². The minimum atomic E-state index is -1.78. The van der Waals surface area contributed by atoms with Crippen molar-refractivity contribution in [1.82, 2.24) is 10.6 Å². The third kappa shape index (κ3) is 6.56. The molecule has 1 amide bonds. The number of hydrogen-bond acceptors (Lipinski definition) is 3. The molecule has 0 aliphatic heterocycles. The summed E-state index contributed by atoms with van der Waals surface area (Å²) in [6, 6.07) is 6.34. The fourth-order valence-corrected chi connectivity index (χ4v) is 1.91. The average molecular weight is 371 g/mol. The number of hydrogen-bond donors (Lipinski definition) is 4. The number of carbonyl (C=O) groups excluding carboxylic acids is 1. The number of benzene rings is 1. The predicted molar refractivity (Wildman–Crippen MR) is 90.0 cm³/mol. The minimum absolute atomic E-state index is 0.0833. The van der Waals surface area contributed by atoms with E-state index in [1.54, 1.807) is 19.1 Å². The molecule has 0 aliphatic carbocycles. The molecule has 4 N–H and O–H groups in total. The molecule has 0 saturated carbocycles. The van der Waals surface area contributed by atoms with E-state index in [1.807, 2.05) is 0 Å². The first kappa shape index (κ1) is 18.1. The molecular weight excluding hydrogens is 357 g/mol. The zero-order valence-corrected chi connectivity index (χ0v) is 14.1. The van der Waals surface area contributed by atoms with Gasteiger partial charge in [-0.15, -0.1) is 0 Å². The van der Waals surface area contributed by atoms with E-state index in [-0.39, 0.29) is 23.2 Å². The van der Waals surface area contributed by atoms with Crippen molar-refractivity contribution in [2.24, 2.45) is 0 Å². The van der Waals surface area contributed by atoms with Crippen LogP contribution >= 0.6 is 47.0 Å². The first-order valence-corrected chi connectivity index (χ1v) is 7.49. The van der Waals surface area contributed by atoms with Crippen LogP contribution < -0.4 is 16.0 Å². The Kier molecular flexibility index (Phi) is 6.80. The number of halogens is 3. The van der Waals surface area contributed by atoms with Gasteiger partial charge >= 0.3 is 0 Å². The second kappa shape index (κ2) is 7.89. The van der Waals surface area contributed by atoms with Gasteiger partial charge in [-0.3, -0.25) is 4.79 Å². The van der Waals surface area contributed by atoms with Crippen LogP contribution in [0.5, 0.6) is 5.75 Å². The van der Waals surface area contributed by atoms with E-state index in [4.69, 9.17) is 47.0 Å². The lowest BCUT2D eigenvalue weighted by Crippen LogP contribution is -2.56. The Bertz CT molecular complexity index is 523. The highest BCUT2D eigenvalue weighted by Gasteiger charge is 2.34. The Balaban J connectivity index is 2.70. The van der Waals surface area contributed by atoms with E-state index in [9.17, 15) is 9.90 Å². The van der Waals surface area contributed by atoms with Crippen LogP contribution in [-0.2, 0) is 4.79 Å². The van der Waals surface area contributed by atoms with Crippen molar-refractivity contribution >= 4 is 63.7 Å². The number of anilines is 1. The third-order valence-corrected chi connectivity index (χ3v) is 3.21. The van der Waals surface area contributed by atoms with Gasteiger partial charge in [0.05, 0.1) is 0 Å². The molecule has 0 spiro atoms. The Morgan fingerprint density at radius 1 is 1.38 bits per heavy atom. The fourth-order valence-electron chi connectivity index (χ4n) is 1.34. The molecule has 0 saturated heterocycles. The predicted octanol–water partition coefficient (Wildman–Crippen LogP) is 2.90. The van der Waals surface area contributed by atoms with Crippen molar-refractivity contribution in [2.75, 3.05) is 5.32 Å². The first-order valence-electron chi connectivity index (χ1n) is 5.95. The van der Waals surface area contributed by atoms with Gasteiger partial charge in [-0.25, -0.2) is 0 Å². The number of thiocarbonyl (C=S) groups is 1. The zero-order chi connectivity index (χ0) is 16.0. The van der Waals surface area contributed by atoms with Gasteiger partial charge in [0.25, 0.3) is 0 Å². The lowest BCUT2D eigenvalue weighted by Gasteiger charge is -2.27. The van der Waals surface area contributed by atoms with Crippen molar-refractivity contribution in [3.05, 3.63) is 24.3 Å². The summed E-state index contributed by atoms with van der Waals surface area (Å²) in [6.07, 6.45) is -0.752. The summed E-state index contributed by atoms with van der Waals surface area (Å²) in [5, 5.41) is 17.5. The molecule has 0 aliphatic rings. The van der Waals surface area contributed by atoms with Crippen LogP contribution in [0.3, 0.4) is 0 Å². The molecule has 1 rings (SSSR count). The molecular formula is C12H14Cl3N3O2S. The molecule has 5 nitrogen and oxygen atoms in total. The number of amides is 1. The molecule has 1 aromatic rings. The largest absolute Gasteiger partial charge is 0.508 e. The number of rotatable bonds is 4. The summed E-state index contributed by atoms with van der Waals surface area (Å²) in [5.41, 5.74) is 0.553. The van der Waals surface area contributed by atoms with Crippen molar-refractivity contribution in [2.45, 2.75) is 23.3 Å². The molecule has 0 unspecified atom stereocenters. The standard InChI is InChI=1S/C12H14Cl3N3O2S/c1-2-9(20)17-10(12(13,14)15)18-11(21)16-7-4-3-5-8(19)6-7/h3-6,10,19H,2H2,1H3,(H,17,20)(H2,16,18,21)/t10-/m1/s1. The van der Waals surface area contributed by atoms with E-state index in [0.29, 0.717) is 5.69 Å². The summed E-state index contributed by atoms with van der Waals surface area (Å²) in [4.78, 5) is 11.4. The van der Waals surface area contributed by atoms with E-state index in [2.05, 4.69) is 16.0 Å². The molecule has 0 aromatic heterocycles. The first-order chi connectivity index (χ1) is 9.72. The van der Waals surface area contributed by atoms with Crippen LogP contribution in [0.15, 0.2) is 24.3 Å². The van der Waals surface area contributed by atoms with Gasteiger partial charge in [-0.1, -0.05) is 47.8 Å². The second-order valence-corrected chi connectivity index (χ2v) is 6.82. The SMILES string of the molecule is CCC(=O)N[C@H](NC(=S)Nc1cccc(O)c1)C(Cl)(Cl)Cl. The van der Waals surface area contributed by atoms with E-state index in [0.717, 1.165) is 0 Å². The van der Waals surface area contributed by atoms with Gasteiger partial charge in [0.2, 0.25) is 9.70 Å². The summed E-state index contributed by atoms with van der Waals surface area (Å²) in [5.74, 6) is -0.209. The van der Waals surface area contributed by atoms with Crippen molar-refractivity contribution in [3.8, 4) is 5.75 Å². The topological polar surface area (TPSA) is 73.4 Å². The fraction of sp³-hybridized carbons (Fsp3) is 0.333. The van der Waals surface area contributed by atoms with Gasteiger partial charge in [-0.2, -0.15) is 0 Å². The molecule has 9 heteroatoms. The molecule has 0 bridgehead atoms. The Morgan fingerprint density at radius 3 is 2.57 bits per heavy atom. The Labute approximate surface area is 142 Å². The van der Waals surface area contributed by atoms with Crippen LogP contribution in [0.4, 0.5) is 5.69 Å². The van der Waals surface area contributed by atoms with Crippen LogP contribution in [-0.4, -0.2) is 26.1 Å². The number of phenolic OH excluding ortho intramolecular Hbond substituents is 1. The van der Waals surface area contributed by atoms with Crippen LogP contribution in [0.2, 0.25) is 0 Å². The molecule has 1 aromatic carbocycles. The van der Waals surface area contributed by atoms with Gasteiger partial charge in [0.15, 0.2) is 5.11 Å².